The molecule has 2 rings (SSSR count). The summed E-state index contributed by atoms with van der Waals surface area (Å²) in [5, 5.41) is 2.85. The summed E-state index contributed by atoms with van der Waals surface area (Å²) in [5.41, 5.74) is 2.56. The van der Waals surface area contributed by atoms with Crippen molar-refractivity contribution >= 4 is 24.2 Å². The van der Waals surface area contributed by atoms with Crippen molar-refractivity contribution in [1.29, 1.82) is 0 Å². The van der Waals surface area contributed by atoms with E-state index in [1.165, 1.54) is 0 Å². The molecule has 0 bridgehead atoms. The molecule has 0 aromatic heterocycles. The molecule has 2 nitrogen and oxygen atoms in total. The second-order valence-electron chi connectivity index (χ2n) is 3.87. The van der Waals surface area contributed by atoms with E-state index in [1.54, 1.807) is 24.3 Å². The van der Waals surface area contributed by atoms with E-state index in [1.807, 2.05) is 31.2 Å². The molecular formula is C14H13NOS. The van der Waals surface area contributed by atoms with E-state index >= 15 is 0 Å². The molecule has 0 unspecified atom stereocenters. The van der Waals surface area contributed by atoms with Crippen LogP contribution in [0.15, 0.2) is 53.4 Å². The zero-order valence-corrected chi connectivity index (χ0v) is 10.4. The highest BCUT2D eigenvalue weighted by Gasteiger charge is 2.05. The number of aryl methyl sites for hydroxylation is 1. The van der Waals surface area contributed by atoms with Crippen molar-refractivity contribution in [3.05, 3.63) is 59.7 Å². The van der Waals surface area contributed by atoms with Gasteiger partial charge in [-0.3, -0.25) is 4.79 Å². The van der Waals surface area contributed by atoms with Crippen LogP contribution in [0.4, 0.5) is 5.69 Å². The number of anilines is 1. The van der Waals surface area contributed by atoms with Crippen molar-refractivity contribution < 1.29 is 4.79 Å². The van der Waals surface area contributed by atoms with Crippen LogP contribution < -0.4 is 5.32 Å². The van der Waals surface area contributed by atoms with Crippen molar-refractivity contribution in [3.8, 4) is 0 Å². The maximum Gasteiger partial charge on any atom is 0.255 e. The summed E-state index contributed by atoms with van der Waals surface area (Å²) in [7, 11) is 0. The molecule has 0 radical (unpaired) electrons. The predicted octanol–water partition coefficient (Wildman–Crippen LogP) is 3.54. The molecule has 3 heteroatoms. The van der Waals surface area contributed by atoms with Gasteiger partial charge in [-0.15, -0.1) is 12.6 Å². The van der Waals surface area contributed by atoms with E-state index in [0.717, 1.165) is 16.1 Å². The van der Waals surface area contributed by atoms with Crippen molar-refractivity contribution in [2.75, 3.05) is 5.32 Å². The topological polar surface area (TPSA) is 29.1 Å². The molecule has 0 aliphatic rings. The second-order valence-corrected chi connectivity index (χ2v) is 4.39. The minimum atomic E-state index is -0.107. The van der Waals surface area contributed by atoms with Crippen molar-refractivity contribution in [2.24, 2.45) is 0 Å². The first-order valence-corrected chi connectivity index (χ1v) is 5.77. The van der Waals surface area contributed by atoms with Gasteiger partial charge in [-0.1, -0.05) is 12.1 Å². The average molecular weight is 243 g/mol. The van der Waals surface area contributed by atoms with E-state index in [0.29, 0.717) is 5.56 Å². The molecule has 0 saturated heterocycles. The molecule has 0 heterocycles. The van der Waals surface area contributed by atoms with Gasteiger partial charge in [-0.05, 0) is 48.9 Å². The summed E-state index contributed by atoms with van der Waals surface area (Å²) in [6.45, 7) is 1.99. The Morgan fingerprint density at radius 1 is 1.12 bits per heavy atom. The third-order valence-electron chi connectivity index (χ3n) is 2.41. The quantitative estimate of drug-likeness (QED) is 0.776. The molecule has 0 spiro atoms. The van der Waals surface area contributed by atoms with Gasteiger partial charge < -0.3 is 5.32 Å². The van der Waals surface area contributed by atoms with Gasteiger partial charge >= 0.3 is 0 Å². The number of rotatable bonds is 2. The number of amides is 1. The van der Waals surface area contributed by atoms with Gasteiger partial charge in [0.15, 0.2) is 0 Å². The highest BCUT2D eigenvalue weighted by atomic mass is 32.1. The van der Waals surface area contributed by atoms with E-state index in [4.69, 9.17) is 0 Å². The Hall–Kier alpha value is -1.74. The molecule has 0 fully saturated rings. The Bertz CT molecular complexity index is 534. The number of thiol groups is 1. The third-order valence-corrected chi connectivity index (χ3v) is 2.70. The Kier molecular flexibility index (Phi) is 3.49. The Morgan fingerprint density at radius 3 is 2.47 bits per heavy atom. The fourth-order valence-electron chi connectivity index (χ4n) is 1.54. The third kappa shape index (κ3) is 3.11. The molecule has 0 aliphatic carbocycles. The van der Waals surface area contributed by atoms with Gasteiger partial charge in [0, 0.05) is 16.1 Å². The van der Waals surface area contributed by atoms with Gasteiger partial charge in [0.1, 0.15) is 0 Å². The van der Waals surface area contributed by atoms with Gasteiger partial charge in [0.25, 0.3) is 5.91 Å². The van der Waals surface area contributed by atoms with Crippen LogP contribution in [0.1, 0.15) is 15.9 Å². The predicted molar refractivity (Wildman–Crippen MR) is 72.8 cm³/mol. The molecular weight excluding hydrogens is 230 g/mol. The zero-order valence-electron chi connectivity index (χ0n) is 9.47. The number of hydrogen-bond donors (Lipinski definition) is 2. The lowest BCUT2D eigenvalue weighted by molar-refractivity contribution is 0.102. The summed E-state index contributed by atoms with van der Waals surface area (Å²) in [5.74, 6) is -0.107. The molecule has 2 aromatic rings. The van der Waals surface area contributed by atoms with Crippen LogP contribution in [0.5, 0.6) is 0 Å². The number of carbonyl (C=O) groups is 1. The SMILES string of the molecule is Cc1cccc(NC(=O)c2ccc(S)cc2)c1. The lowest BCUT2D eigenvalue weighted by Crippen LogP contribution is -2.11. The van der Waals surface area contributed by atoms with Gasteiger partial charge in [-0.25, -0.2) is 0 Å². The monoisotopic (exact) mass is 243 g/mol. The van der Waals surface area contributed by atoms with Crippen LogP contribution in [0, 0.1) is 6.92 Å². The zero-order chi connectivity index (χ0) is 12.3. The molecule has 0 saturated carbocycles. The van der Waals surface area contributed by atoms with Gasteiger partial charge in [-0.2, -0.15) is 0 Å². The fraction of sp³-hybridized carbons (Fsp3) is 0.0714. The van der Waals surface area contributed by atoms with Crippen LogP contribution in [0.25, 0.3) is 0 Å². The largest absolute Gasteiger partial charge is 0.322 e. The maximum absolute atomic E-state index is 11.9. The summed E-state index contributed by atoms with van der Waals surface area (Å²) < 4.78 is 0. The van der Waals surface area contributed by atoms with Crippen LogP contribution >= 0.6 is 12.6 Å². The summed E-state index contributed by atoms with van der Waals surface area (Å²) in [4.78, 5) is 12.7. The minimum Gasteiger partial charge on any atom is -0.322 e. The number of carbonyl (C=O) groups excluding carboxylic acids is 1. The molecule has 0 atom stereocenters. The van der Waals surface area contributed by atoms with E-state index in [9.17, 15) is 4.79 Å². The molecule has 17 heavy (non-hydrogen) atoms. The lowest BCUT2D eigenvalue weighted by atomic mass is 10.2. The normalized spacial score (nSPS) is 10.0. The maximum atomic E-state index is 11.9. The Balaban J connectivity index is 2.14. The molecule has 2 aromatic carbocycles. The summed E-state index contributed by atoms with van der Waals surface area (Å²) >= 11 is 4.18. The first kappa shape index (κ1) is 11.7. The Labute approximate surface area is 106 Å². The van der Waals surface area contributed by atoms with Crippen LogP contribution in [0.3, 0.4) is 0 Å². The highest BCUT2D eigenvalue weighted by Crippen LogP contribution is 2.13. The van der Waals surface area contributed by atoms with Gasteiger partial charge in [0.05, 0.1) is 0 Å². The van der Waals surface area contributed by atoms with Gasteiger partial charge in [0.2, 0.25) is 0 Å². The molecule has 86 valence electrons. The first-order chi connectivity index (χ1) is 8.15. The van der Waals surface area contributed by atoms with E-state index in [-0.39, 0.29) is 5.91 Å². The summed E-state index contributed by atoms with van der Waals surface area (Å²) in [6.07, 6.45) is 0. The Morgan fingerprint density at radius 2 is 1.82 bits per heavy atom. The molecule has 1 amide bonds. The first-order valence-electron chi connectivity index (χ1n) is 5.32. The molecule has 1 N–H and O–H groups in total. The average Bonchev–Trinajstić information content (AvgIpc) is 2.29. The van der Waals surface area contributed by atoms with Crippen LogP contribution in [-0.2, 0) is 0 Å². The molecule has 0 aliphatic heterocycles. The van der Waals surface area contributed by atoms with E-state index in [2.05, 4.69) is 17.9 Å². The van der Waals surface area contributed by atoms with E-state index < -0.39 is 0 Å². The summed E-state index contributed by atoms with van der Waals surface area (Å²) in [6, 6.07) is 14.8. The number of nitrogens with one attached hydrogen (secondary N) is 1. The van der Waals surface area contributed by atoms with Crippen molar-refractivity contribution in [1.82, 2.24) is 0 Å². The van der Waals surface area contributed by atoms with Crippen LogP contribution in [-0.4, -0.2) is 5.91 Å². The standard InChI is InChI=1S/C14H13NOS/c1-10-3-2-4-12(9-10)15-14(16)11-5-7-13(17)8-6-11/h2-9,17H,1H3,(H,15,16). The smallest absolute Gasteiger partial charge is 0.255 e. The van der Waals surface area contributed by atoms with Crippen molar-refractivity contribution in [3.63, 3.8) is 0 Å². The van der Waals surface area contributed by atoms with Crippen LogP contribution in [0.2, 0.25) is 0 Å². The number of hydrogen-bond acceptors (Lipinski definition) is 2. The van der Waals surface area contributed by atoms with Crippen molar-refractivity contribution in [2.45, 2.75) is 11.8 Å². The fourth-order valence-corrected chi connectivity index (χ4v) is 1.69. The lowest BCUT2D eigenvalue weighted by Gasteiger charge is -2.06. The highest BCUT2D eigenvalue weighted by molar-refractivity contribution is 7.80. The minimum absolute atomic E-state index is 0.107. The number of benzene rings is 2. The second kappa shape index (κ2) is 5.06.